The van der Waals surface area contributed by atoms with Gasteiger partial charge in [-0.25, -0.2) is 0 Å². The molecule has 0 radical (unpaired) electrons. The van der Waals surface area contributed by atoms with Crippen LogP contribution in [0.3, 0.4) is 0 Å². The Morgan fingerprint density at radius 1 is 1.26 bits per heavy atom. The molecule has 0 aromatic carbocycles. The van der Waals surface area contributed by atoms with Crippen molar-refractivity contribution < 1.29 is 19.1 Å². The Bertz CT molecular complexity index is 649. The molecule has 1 aliphatic carbocycles. The van der Waals surface area contributed by atoms with Crippen molar-refractivity contribution in [3.05, 3.63) is 23.7 Å². The van der Waals surface area contributed by atoms with Crippen molar-refractivity contribution in [2.45, 2.75) is 70.7 Å². The summed E-state index contributed by atoms with van der Waals surface area (Å²) in [6, 6.07) is 3.36. The Labute approximate surface area is 160 Å². The van der Waals surface area contributed by atoms with Gasteiger partial charge in [-0.1, -0.05) is 12.8 Å². The summed E-state index contributed by atoms with van der Waals surface area (Å²) in [7, 11) is 0. The topological polar surface area (TPSA) is 86.0 Å². The lowest BCUT2D eigenvalue weighted by atomic mass is 10.1. The van der Waals surface area contributed by atoms with Crippen molar-refractivity contribution >= 4 is 11.8 Å². The van der Waals surface area contributed by atoms with E-state index in [-0.39, 0.29) is 36.3 Å². The lowest BCUT2D eigenvalue weighted by molar-refractivity contribution is -0.136. The maximum Gasteiger partial charge on any atom is 0.287 e. The first-order valence-electron chi connectivity index (χ1n) is 10.1. The molecule has 0 spiro atoms. The van der Waals surface area contributed by atoms with Crippen LogP contribution in [0.5, 0.6) is 0 Å². The van der Waals surface area contributed by atoms with Crippen LogP contribution in [0.15, 0.2) is 16.5 Å². The number of furan rings is 1. The Hall–Kier alpha value is -1.86. The van der Waals surface area contributed by atoms with Crippen molar-refractivity contribution in [2.24, 2.45) is 0 Å². The first kappa shape index (κ1) is 19.9. The summed E-state index contributed by atoms with van der Waals surface area (Å²) in [4.78, 5) is 29.7. The van der Waals surface area contributed by atoms with Gasteiger partial charge in [-0.2, -0.15) is 0 Å². The van der Waals surface area contributed by atoms with E-state index < -0.39 is 0 Å². The second-order valence-electron chi connectivity index (χ2n) is 7.49. The number of carbonyl (C=O) groups excluding carboxylic acids is 2. The fourth-order valence-electron chi connectivity index (χ4n) is 4.44. The van der Waals surface area contributed by atoms with Crippen LogP contribution >= 0.6 is 0 Å². The molecule has 150 valence electrons. The average molecular weight is 377 g/mol. The molecule has 2 aliphatic rings. The van der Waals surface area contributed by atoms with Gasteiger partial charge < -0.3 is 19.7 Å². The summed E-state index contributed by atoms with van der Waals surface area (Å²) in [6.45, 7) is 5.89. The molecule has 1 aliphatic heterocycles. The van der Waals surface area contributed by atoms with Crippen LogP contribution in [0.1, 0.15) is 62.3 Å². The highest BCUT2D eigenvalue weighted by molar-refractivity contribution is 5.92. The standard InChI is InChI=1S/C20H31N3O4/c1-3-22(4-2)20(26)17-11-14(12-23(17)15-7-5-6-8-15)21-19(25)18-10-9-16(13-24)27-18/h9-10,14-15,17,24H,3-8,11-13H2,1-2H3,(H,21,25). The van der Waals surface area contributed by atoms with Gasteiger partial charge >= 0.3 is 0 Å². The number of likely N-dealkylation sites (tertiary alicyclic amines) is 1. The monoisotopic (exact) mass is 377 g/mol. The van der Waals surface area contributed by atoms with Crippen molar-refractivity contribution in [1.82, 2.24) is 15.1 Å². The van der Waals surface area contributed by atoms with Gasteiger partial charge in [0, 0.05) is 31.7 Å². The van der Waals surface area contributed by atoms with Crippen molar-refractivity contribution in [1.29, 1.82) is 0 Å². The van der Waals surface area contributed by atoms with E-state index >= 15 is 0 Å². The lowest BCUT2D eigenvalue weighted by Crippen LogP contribution is -2.48. The molecule has 1 saturated carbocycles. The summed E-state index contributed by atoms with van der Waals surface area (Å²) in [5.74, 6) is 0.449. The van der Waals surface area contributed by atoms with Crippen molar-refractivity contribution in [2.75, 3.05) is 19.6 Å². The van der Waals surface area contributed by atoms with Gasteiger partial charge in [-0.05, 0) is 45.2 Å². The zero-order valence-corrected chi connectivity index (χ0v) is 16.3. The quantitative estimate of drug-likeness (QED) is 0.756. The molecule has 2 atom stereocenters. The van der Waals surface area contributed by atoms with Crippen LogP contribution in [-0.2, 0) is 11.4 Å². The first-order chi connectivity index (χ1) is 13.1. The van der Waals surface area contributed by atoms with Gasteiger partial charge in [0.05, 0.1) is 6.04 Å². The molecule has 7 heteroatoms. The Balaban J connectivity index is 1.69. The van der Waals surface area contributed by atoms with Crippen LogP contribution in [0, 0.1) is 0 Å². The number of nitrogens with one attached hydrogen (secondary N) is 1. The van der Waals surface area contributed by atoms with E-state index in [4.69, 9.17) is 9.52 Å². The van der Waals surface area contributed by atoms with Crippen LogP contribution in [0.25, 0.3) is 0 Å². The molecule has 1 aromatic heterocycles. The Morgan fingerprint density at radius 2 is 1.96 bits per heavy atom. The fourth-order valence-corrected chi connectivity index (χ4v) is 4.44. The number of carbonyl (C=O) groups is 2. The molecular weight excluding hydrogens is 346 g/mol. The SMILES string of the molecule is CCN(CC)C(=O)C1CC(NC(=O)c2ccc(CO)o2)CN1C1CCCC1. The molecule has 1 aromatic rings. The molecular formula is C20H31N3O4. The van der Waals surface area contributed by atoms with Gasteiger partial charge in [0.25, 0.3) is 5.91 Å². The number of hydrogen-bond acceptors (Lipinski definition) is 5. The summed E-state index contributed by atoms with van der Waals surface area (Å²) >= 11 is 0. The minimum absolute atomic E-state index is 0.0784. The third kappa shape index (κ3) is 4.35. The predicted molar refractivity (Wildman–Crippen MR) is 101 cm³/mol. The molecule has 2 N–H and O–H groups in total. The maximum atomic E-state index is 13.0. The van der Waals surface area contributed by atoms with E-state index in [9.17, 15) is 9.59 Å². The Morgan fingerprint density at radius 3 is 2.56 bits per heavy atom. The van der Waals surface area contributed by atoms with E-state index in [1.54, 1.807) is 12.1 Å². The third-order valence-electron chi connectivity index (χ3n) is 5.87. The molecule has 1 saturated heterocycles. The van der Waals surface area contributed by atoms with Crippen LogP contribution in [0.2, 0.25) is 0 Å². The zero-order chi connectivity index (χ0) is 19.4. The highest BCUT2D eigenvalue weighted by atomic mass is 16.4. The molecule has 0 bridgehead atoms. The summed E-state index contributed by atoms with van der Waals surface area (Å²) < 4.78 is 5.33. The Kier molecular flexibility index (Phi) is 6.55. The van der Waals surface area contributed by atoms with Crippen molar-refractivity contribution in [3.63, 3.8) is 0 Å². The van der Waals surface area contributed by atoms with E-state index in [2.05, 4.69) is 10.2 Å². The van der Waals surface area contributed by atoms with Gasteiger partial charge in [-0.3, -0.25) is 14.5 Å². The molecule has 3 rings (SSSR count). The van der Waals surface area contributed by atoms with Gasteiger partial charge in [0.15, 0.2) is 5.76 Å². The number of rotatable bonds is 7. The number of hydrogen-bond donors (Lipinski definition) is 2. The highest BCUT2D eigenvalue weighted by Crippen LogP contribution is 2.31. The van der Waals surface area contributed by atoms with E-state index in [1.165, 1.54) is 12.8 Å². The lowest BCUT2D eigenvalue weighted by Gasteiger charge is -2.32. The molecule has 2 fully saturated rings. The molecule has 2 unspecified atom stereocenters. The highest BCUT2D eigenvalue weighted by Gasteiger charge is 2.42. The van der Waals surface area contributed by atoms with Gasteiger partial charge in [-0.15, -0.1) is 0 Å². The molecule has 2 heterocycles. The zero-order valence-electron chi connectivity index (χ0n) is 16.3. The number of amides is 2. The third-order valence-corrected chi connectivity index (χ3v) is 5.87. The predicted octanol–water partition coefficient (Wildman–Crippen LogP) is 1.76. The summed E-state index contributed by atoms with van der Waals surface area (Å²) in [6.07, 6.45) is 5.30. The van der Waals surface area contributed by atoms with Gasteiger partial charge in [0.1, 0.15) is 12.4 Å². The second kappa shape index (κ2) is 8.89. The molecule has 2 amide bonds. The summed E-state index contributed by atoms with van der Waals surface area (Å²) in [5.41, 5.74) is 0. The largest absolute Gasteiger partial charge is 0.453 e. The first-order valence-corrected chi connectivity index (χ1v) is 10.1. The number of aliphatic hydroxyl groups is 1. The number of nitrogens with zero attached hydrogens (tertiary/aromatic N) is 2. The van der Waals surface area contributed by atoms with E-state index in [0.717, 1.165) is 12.8 Å². The number of likely N-dealkylation sites (N-methyl/N-ethyl adjacent to an activating group) is 1. The summed E-state index contributed by atoms with van der Waals surface area (Å²) in [5, 5.41) is 12.1. The van der Waals surface area contributed by atoms with Gasteiger partial charge in [0.2, 0.25) is 5.91 Å². The van der Waals surface area contributed by atoms with E-state index in [0.29, 0.717) is 37.9 Å². The van der Waals surface area contributed by atoms with Crippen LogP contribution in [-0.4, -0.2) is 64.5 Å². The second-order valence-corrected chi connectivity index (χ2v) is 7.49. The van der Waals surface area contributed by atoms with E-state index in [1.807, 2.05) is 18.7 Å². The normalized spacial score (nSPS) is 23.7. The van der Waals surface area contributed by atoms with Crippen LogP contribution < -0.4 is 5.32 Å². The van der Waals surface area contributed by atoms with Crippen molar-refractivity contribution in [3.8, 4) is 0 Å². The molecule has 27 heavy (non-hydrogen) atoms. The fraction of sp³-hybridized carbons (Fsp3) is 0.700. The molecule has 7 nitrogen and oxygen atoms in total. The number of aliphatic hydroxyl groups excluding tert-OH is 1. The smallest absolute Gasteiger partial charge is 0.287 e. The van der Waals surface area contributed by atoms with Crippen LogP contribution in [0.4, 0.5) is 0 Å². The minimum Gasteiger partial charge on any atom is -0.453 e. The minimum atomic E-state index is -0.290. The maximum absolute atomic E-state index is 13.0. The average Bonchev–Trinajstić information content (AvgIpc) is 3.42.